The molecule has 44 heavy (non-hydrogen) atoms. The highest BCUT2D eigenvalue weighted by atomic mass is 32.2. The first-order valence-corrected chi connectivity index (χ1v) is 15.8. The molecule has 0 heterocycles. The Kier molecular flexibility index (Phi) is 6.00. The lowest BCUT2D eigenvalue weighted by Gasteiger charge is -2.29. The van der Waals surface area contributed by atoms with Crippen molar-refractivity contribution in [2.75, 3.05) is 0 Å². The fourth-order valence-corrected chi connectivity index (χ4v) is 6.66. The highest BCUT2D eigenvalue weighted by molar-refractivity contribution is 7.88. The van der Waals surface area contributed by atoms with Crippen LogP contribution in [-0.2, 0) is 26.4 Å². The summed E-state index contributed by atoms with van der Waals surface area (Å²) in [5.74, 6) is -0.547. The van der Waals surface area contributed by atoms with Crippen LogP contribution in [-0.4, -0.2) is 13.9 Å². The van der Waals surface area contributed by atoms with Crippen LogP contribution in [0.5, 0.6) is 5.75 Å². The van der Waals surface area contributed by atoms with E-state index in [1.807, 2.05) is 62.3 Å². The Bertz CT molecular complexity index is 2200. The van der Waals surface area contributed by atoms with Gasteiger partial charge in [-0.1, -0.05) is 62.3 Å². The Morgan fingerprint density at radius 2 is 0.841 bits per heavy atom. The van der Waals surface area contributed by atoms with Gasteiger partial charge in [0, 0.05) is 54.2 Å². The zero-order chi connectivity index (χ0) is 32.7. The molecule has 0 fully saturated rings. The molecule has 0 aromatic heterocycles. The third-order valence-electron chi connectivity index (χ3n) is 8.71. The fraction of sp³-hybridized carbons (Fsp3) is 0.371. The van der Waals surface area contributed by atoms with Gasteiger partial charge in [-0.25, -0.2) is 0 Å². The maximum atomic E-state index is 14.4. The van der Waals surface area contributed by atoms with E-state index in [2.05, 4.69) is 0 Å². The van der Waals surface area contributed by atoms with Crippen molar-refractivity contribution < 1.29 is 25.8 Å². The predicted octanol–water partition coefficient (Wildman–Crippen LogP) is 8.56. The maximum Gasteiger partial charge on any atom is 0.534 e. The van der Waals surface area contributed by atoms with Gasteiger partial charge in [-0.3, -0.25) is 9.59 Å². The summed E-state index contributed by atoms with van der Waals surface area (Å²) < 4.78 is 71.7. The van der Waals surface area contributed by atoms with Crippen molar-refractivity contribution >= 4 is 53.2 Å². The summed E-state index contributed by atoms with van der Waals surface area (Å²) >= 11 is 0. The van der Waals surface area contributed by atoms with Crippen molar-refractivity contribution in [2.24, 2.45) is 0 Å². The van der Waals surface area contributed by atoms with Crippen LogP contribution in [0.2, 0.25) is 0 Å². The molecular formula is C35H33F3O5S. The quantitative estimate of drug-likeness (QED) is 0.0837. The van der Waals surface area contributed by atoms with Gasteiger partial charge in [0.1, 0.15) is 0 Å². The van der Waals surface area contributed by atoms with E-state index in [0.29, 0.717) is 33.0 Å². The minimum atomic E-state index is -6.12. The van der Waals surface area contributed by atoms with E-state index < -0.39 is 37.6 Å². The van der Waals surface area contributed by atoms with Crippen molar-refractivity contribution in [3.8, 4) is 16.9 Å². The molecule has 0 atom stereocenters. The first-order chi connectivity index (χ1) is 19.9. The van der Waals surface area contributed by atoms with Crippen molar-refractivity contribution in [3.05, 3.63) is 73.5 Å². The first-order valence-electron chi connectivity index (χ1n) is 14.3. The van der Waals surface area contributed by atoms with Gasteiger partial charge in [0.25, 0.3) is 0 Å². The molecule has 0 radical (unpaired) electrons. The van der Waals surface area contributed by atoms with Gasteiger partial charge in [0.05, 0.1) is 0 Å². The molecule has 0 unspecified atom stereocenters. The van der Waals surface area contributed by atoms with E-state index in [4.69, 9.17) is 4.18 Å². The van der Waals surface area contributed by atoms with Crippen LogP contribution in [0.3, 0.4) is 0 Å². The summed E-state index contributed by atoms with van der Waals surface area (Å²) in [7, 11) is -6.12. The normalized spacial score (nSPS) is 14.3. The molecular weight excluding hydrogens is 589 g/mol. The molecule has 5 nitrogen and oxygen atoms in total. The molecule has 0 bridgehead atoms. The molecule has 0 N–H and O–H groups in total. The van der Waals surface area contributed by atoms with Crippen LogP contribution in [0.4, 0.5) is 13.2 Å². The lowest BCUT2D eigenvalue weighted by atomic mass is 9.75. The molecule has 0 amide bonds. The number of alkyl halides is 3. The summed E-state index contributed by atoms with van der Waals surface area (Å²) in [4.78, 5) is 28.7. The molecule has 0 saturated carbocycles. The maximum absolute atomic E-state index is 14.4. The molecule has 2 aliphatic carbocycles. The Morgan fingerprint density at radius 1 is 0.523 bits per heavy atom. The molecule has 0 aliphatic heterocycles. The zero-order valence-electron chi connectivity index (χ0n) is 26.0. The van der Waals surface area contributed by atoms with E-state index in [0.717, 1.165) is 5.56 Å². The van der Waals surface area contributed by atoms with E-state index in [-0.39, 0.29) is 43.2 Å². The zero-order valence-corrected chi connectivity index (χ0v) is 26.9. The van der Waals surface area contributed by atoms with E-state index in [9.17, 15) is 31.2 Å². The minimum Gasteiger partial charge on any atom is -0.375 e. The van der Waals surface area contributed by atoms with E-state index in [1.165, 1.54) is 0 Å². The van der Waals surface area contributed by atoms with Crippen molar-refractivity contribution in [1.29, 1.82) is 0 Å². The fourth-order valence-electron chi connectivity index (χ4n) is 6.16. The number of halogens is 3. The van der Waals surface area contributed by atoms with Gasteiger partial charge in [-0.2, -0.15) is 21.6 Å². The summed E-state index contributed by atoms with van der Waals surface area (Å²) in [5.41, 5.74) is -5.04. The van der Waals surface area contributed by atoms with E-state index in [1.54, 1.807) is 36.4 Å². The summed E-state index contributed by atoms with van der Waals surface area (Å²) in [6.45, 7) is 17.3. The van der Waals surface area contributed by atoms with Crippen molar-refractivity contribution in [3.63, 3.8) is 0 Å². The van der Waals surface area contributed by atoms with Gasteiger partial charge in [0.15, 0.2) is 16.6 Å². The third kappa shape index (κ3) is 4.22. The standard InChI is InChI=1S/C35H33F3O5S/c1-32(2,3)16-10-19-25-20(11-16)30(40)22-13-18(34(7,8)9)15-24-27(22)28(25)26-21(29(19)39)12-17(33(4,5)6)14-23(26)31(24)43-44(41,42)35(36,37)38/h10-15H,1-9H3. The number of hydrogen-bond donors (Lipinski definition) is 0. The molecule has 0 spiro atoms. The second-order valence-corrected chi connectivity index (χ2v) is 16.5. The molecule has 2 aliphatic rings. The topological polar surface area (TPSA) is 77.5 Å². The SMILES string of the molecule is CC(C)(C)c1cc2c3c(c1)c(=O)c1cc(C(C)(C)C)cc4c(OS(=O)(=O)C(F)(F)F)c5cc(C(C)(C)C)cc(c2=O)c5c-3c41. The Morgan fingerprint density at radius 3 is 1.16 bits per heavy atom. The number of benzene rings is 6. The second-order valence-electron chi connectivity index (χ2n) is 14.9. The van der Waals surface area contributed by atoms with Gasteiger partial charge in [-0.15, -0.1) is 0 Å². The summed E-state index contributed by atoms with van der Waals surface area (Å²) in [6, 6.07) is 10.3. The van der Waals surface area contributed by atoms with Crippen LogP contribution < -0.4 is 15.0 Å². The van der Waals surface area contributed by atoms with Gasteiger partial charge >= 0.3 is 15.6 Å². The van der Waals surface area contributed by atoms with Crippen molar-refractivity contribution in [2.45, 2.75) is 84.1 Å². The van der Waals surface area contributed by atoms with Crippen LogP contribution >= 0.6 is 0 Å². The molecule has 4 aromatic carbocycles. The molecule has 6 rings (SSSR count). The lowest BCUT2D eigenvalue weighted by molar-refractivity contribution is -0.0499. The molecule has 4 aromatic rings. The molecule has 9 heteroatoms. The monoisotopic (exact) mass is 622 g/mol. The van der Waals surface area contributed by atoms with Crippen LogP contribution in [0.25, 0.3) is 54.2 Å². The smallest absolute Gasteiger partial charge is 0.375 e. The Labute approximate surface area is 253 Å². The second kappa shape index (κ2) is 8.71. The Hall–Kier alpha value is -3.72. The minimum absolute atomic E-state index is 0.0685. The Balaban J connectivity index is 2.03. The van der Waals surface area contributed by atoms with E-state index >= 15 is 0 Å². The van der Waals surface area contributed by atoms with Gasteiger partial charge in [0.2, 0.25) is 0 Å². The molecule has 230 valence electrons. The predicted molar refractivity (Wildman–Crippen MR) is 171 cm³/mol. The molecule has 0 saturated heterocycles. The average Bonchev–Trinajstić information content (AvgIpc) is 2.87. The highest BCUT2D eigenvalue weighted by Crippen LogP contribution is 2.52. The van der Waals surface area contributed by atoms with Crippen LogP contribution in [0.1, 0.15) is 79.0 Å². The van der Waals surface area contributed by atoms with Crippen molar-refractivity contribution in [1.82, 2.24) is 0 Å². The number of hydrogen-bond acceptors (Lipinski definition) is 5. The lowest BCUT2D eigenvalue weighted by Crippen LogP contribution is -2.28. The highest BCUT2D eigenvalue weighted by Gasteiger charge is 2.49. The number of rotatable bonds is 2. The third-order valence-corrected chi connectivity index (χ3v) is 9.66. The van der Waals surface area contributed by atoms with Gasteiger partial charge in [-0.05, 0) is 69.3 Å². The van der Waals surface area contributed by atoms with Crippen LogP contribution in [0, 0.1) is 0 Å². The summed E-state index contributed by atoms with van der Waals surface area (Å²) in [6.07, 6.45) is 0. The average molecular weight is 623 g/mol. The first kappa shape index (κ1) is 30.3. The summed E-state index contributed by atoms with van der Waals surface area (Å²) in [5, 5.41) is 1.81. The van der Waals surface area contributed by atoms with Crippen LogP contribution in [0.15, 0.2) is 46.0 Å². The largest absolute Gasteiger partial charge is 0.534 e. The van der Waals surface area contributed by atoms with Gasteiger partial charge < -0.3 is 4.18 Å².